The van der Waals surface area contributed by atoms with Gasteiger partial charge in [-0.15, -0.1) is 11.8 Å². The van der Waals surface area contributed by atoms with Gasteiger partial charge in [-0.3, -0.25) is 9.59 Å². The summed E-state index contributed by atoms with van der Waals surface area (Å²) in [5.74, 6) is 1.23. The van der Waals surface area contributed by atoms with Gasteiger partial charge in [0.1, 0.15) is 6.26 Å². The van der Waals surface area contributed by atoms with Crippen molar-refractivity contribution in [1.82, 2.24) is 0 Å². The zero-order chi connectivity index (χ0) is 19.4. The van der Waals surface area contributed by atoms with Gasteiger partial charge in [0.05, 0.1) is 28.3 Å². The van der Waals surface area contributed by atoms with Gasteiger partial charge >= 0.3 is 6.18 Å². The van der Waals surface area contributed by atoms with Crippen LogP contribution in [0.5, 0.6) is 0 Å². The van der Waals surface area contributed by atoms with E-state index in [0.29, 0.717) is 5.75 Å². The van der Waals surface area contributed by atoms with Crippen molar-refractivity contribution in [3.63, 3.8) is 0 Å². The largest absolute Gasteiger partial charge is 0.472 e. The molecule has 27 heavy (non-hydrogen) atoms. The molecule has 1 aliphatic rings. The number of benzene rings is 1. The van der Waals surface area contributed by atoms with Crippen LogP contribution in [0.15, 0.2) is 41.2 Å². The van der Waals surface area contributed by atoms with E-state index in [1.54, 1.807) is 11.8 Å². The maximum absolute atomic E-state index is 13.4. The molecule has 2 aromatic rings. The van der Waals surface area contributed by atoms with Crippen LogP contribution < -0.4 is 10.6 Å². The Morgan fingerprint density at radius 2 is 1.96 bits per heavy atom. The third kappa shape index (κ3) is 5.01. The molecule has 1 aromatic carbocycles. The lowest BCUT2D eigenvalue weighted by Gasteiger charge is -2.22. The monoisotopic (exact) mass is 416 g/mol. The number of anilines is 2. The Balaban J connectivity index is 1.79. The van der Waals surface area contributed by atoms with Gasteiger partial charge in [-0.05, 0) is 24.3 Å². The molecule has 0 saturated carbocycles. The summed E-state index contributed by atoms with van der Waals surface area (Å²) in [5, 5.41) is 4.37. The lowest BCUT2D eigenvalue weighted by Crippen LogP contribution is -2.31. The highest BCUT2D eigenvalue weighted by Gasteiger charge is 2.35. The molecule has 1 unspecified atom stereocenters. The number of amides is 2. The summed E-state index contributed by atoms with van der Waals surface area (Å²) < 4.78 is 45.1. The van der Waals surface area contributed by atoms with Crippen LogP contribution in [0.1, 0.15) is 15.9 Å². The lowest BCUT2D eigenvalue weighted by molar-refractivity contribution is -0.136. The highest BCUT2D eigenvalue weighted by molar-refractivity contribution is 8.07. The number of rotatable bonds is 4. The average molecular weight is 416 g/mol. The molecule has 0 spiro atoms. The number of thioether (sulfide) groups is 2. The fourth-order valence-electron chi connectivity index (χ4n) is 2.41. The van der Waals surface area contributed by atoms with E-state index >= 15 is 0 Å². The minimum Gasteiger partial charge on any atom is -0.472 e. The average Bonchev–Trinajstić information content (AvgIpc) is 3.17. The molecule has 10 heteroatoms. The Hall–Kier alpha value is -2.07. The van der Waals surface area contributed by atoms with Crippen LogP contribution in [0.2, 0.25) is 0 Å². The van der Waals surface area contributed by atoms with Crippen molar-refractivity contribution in [2.24, 2.45) is 0 Å². The molecule has 0 aliphatic carbocycles. The Bertz CT molecular complexity index is 819. The maximum Gasteiger partial charge on any atom is 0.418 e. The quantitative estimate of drug-likeness (QED) is 0.776. The molecule has 1 fully saturated rings. The van der Waals surface area contributed by atoms with E-state index in [1.165, 1.54) is 36.4 Å². The first-order valence-corrected chi connectivity index (χ1v) is 10.1. The van der Waals surface area contributed by atoms with Crippen molar-refractivity contribution < 1.29 is 27.2 Å². The van der Waals surface area contributed by atoms with Crippen molar-refractivity contribution >= 4 is 46.7 Å². The van der Waals surface area contributed by atoms with Crippen molar-refractivity contribution in [1.29, 1.82) is 0 Å². The van der Waals surface area contributed by atoms with E-state index in [1.807, 2.05) is 0 Å². The minimum absolute atomic E-state index is 0.0332. The topological polar surface area (TPSA) is 71.3 Å². The van der Waals surface area contributed by atoms with Crippen LogP contribution in [-0.4, -0.2) is 34.3 Å². The number of hydrogen-bond acceptors (Lipinski definition) is 5. The van der Waals surface area contributed by atoms with Crippen LogP contribution in [-0.2, 0) is 11.0 Å². The Kier molecular flexibility index (Phi) is 6.05. The highest BCUT2D eigenvalue weighted by atomic mass is 32.2. The lowest BCUT2D eigenvalue weighted by atomic mass is 10.1. The second-order valence-electron chi connectivity index (χ2n) is 5.65. The van der Waals surface area contributed by atoms with Gasteiger partial charge in [-0.2, -0.15) is 24.9 Å². The number of furan rings is 1. The third-order valence-corrected chi connectivity index (χ3v) is 6.49. The van der Waals surface area contributed by atoms with E-state index in [2.05, 4.69) is 10.6 Å². The normalized spacial score (nSPS) is 17.4. The van der Waals surface area contributed by atoms with Gasteiger partial charge in [0.25, 0.3) is 5.91 Å². The summed E-state index contributed by atoms with van der Waals surface area (Å²) in [4.78, 5) is 24.3. The second kappa shape index (κ2) is 8.30. The van der Waals surface area contributed by atoms with Gasteiger partial charge in [0.2, 0.25) is 5.91 Å². The van der Waals surface area contributed by atoms with Gasteiger partial charge < -0.3 is 15.1 Å². The number of alkyl halides is 3. The van der Waals surface area contributed by atoms with Gasteiger partial charge in [-0.25, -0.2) is 0 Å². The number of hydrogen-bond donors (Lipinski definition) is 2. The molecular formula is C17H15F3N2O3S2. The van der Waals surface area contributed by atoms with E-state index in [-0.39, 0.29) is 22.2 Å². The molecule has 2 amide bonds. The molecular weight excluding hydrogens is 401 g/mol. The van der Waals surface area contributed by atoms with E-state index in [0.717, 1.165) is 23.6 Å². The number of carbonyl (C=O) groups is 2. The Morgan fingerprint density at radius 1 is 1.15 bits per heavy atom. The zero-order valence-corrected chi connectivity index (χ0v) is 15.5. The highest BCUT2D eigenvalue weighted by Crippen LogP contribution is 2.37. The van der Waals surface area contributed by atoms with E-state index < -0.39 is 23.6 Å². The van der Waals surface area contributed by atoms with Crippen LogP contribution in [0, 0.1) is 0 Å². The SMILES string of the molecule is O=C(Nc1ccc(NC(=O)C2CSCCS2)c(C(F)(F)F)c1)c1ccoc1. The fourth-order valence-corrected chi connectivity index (χ4v) is 4.97. The summed E-state index contributed by atoms with van der Waals surface area (Å²) in [6.45, 7) is 0. The molecule has 3 rings (SSSR count). The van der Waals surface area contributed by atoms with E-state index in [9.17, 15) is 22.8 Å². The Labute approximate surface area is 161 Å². The third-order valence-electron chi connectivity index (χ3n) is 3.73. The zero-order valence-electron chi connectivity index (χ0n) is 13.8. The first-order valence-electron chi connectivity index (χ1n) is 7.89. The van der Waals surface area contributed by atoms with Crippen LogP contribution in [0.4, 0.5) is 24.5 Å². The van der Waals surface area contributed by atoms with Gasteiger partial charge in [0, 0.05) is 22.9 Å². The molecule has 2 N–H and O–H groups in total. The standard InChI is InChI=1S/C17H15F3N2O3S2/c18-17(19,20)12-7-11(21-15(23)10-3-4-25-8-10)1-2-13(12)22-16(24)14-9-26-5-6-27-14/h1-4,7-8,14H,5-6,9H2,(H,21,23)(H,22,24). The van der Waals surface area contributed by atoms with Crippen molar-refractivity contribution in [2.45, 2.75) is 11.4 Å². The predicted octanol–water partition coefficient (Wildman–Crippen LogP) is 4.34. The maximum atomic E-state index is 13.4. The van der Waals surface area contributed by atoms with Crippen LogP contribution in [0.3, 0.4) is 0 Å². The number of carbonyl (C=O) groups excluding carboxylic acids is 2. The molecule has 1 atom stereocenters. The molecule has 1 aromatic heterocycles. The predicted molar refractivity (Wildman–Crippen MR) is 100 cm³/mol. The summed E-state index contributed by atoms with van der Waals surface area (Å²) in [7, 11) is 0. The number of nitrogens with one attached hydrogen (secondary N) is 2. The van der Waals surface area contributed by atoms with Crippen molar-refractivity contribution in [3.8, 4) is 0 Å². The Morgan fingerprint density at radius 3 is 2.59 bits per heavy atom. The van der Waals surface area contributed by atoms with Crippen LogP contribution >= 0.6 is 23.5 Å². The van der Waals surface area contributed by atoms with Crippen molar-refractivity contribution in [3.05, 3.63) is 47.9 Å². The second-order valence-corrected chi connectivity index (χ2v) is 8.11. The van der Waals surface area contributed by atoms with Crippen molar-refractivity contribution in [2.75, 3.05) is 27.9 Å². The van der Waals surface area contributed by atoms with Gasteiger partial charge in [-0.1, -0.05) is 0 Å². The summed E-state index contributed by atoms with van der Waals surface area (Å²) >= 11 is 3.03. The first-order chi connectivity index (χ1) is 12.8. The summed E-state index contributed by atoms with van der Waals surface area (Å²) in [6.07, 6.45) is -2.21. The smallest absolute Gasteiger partial charge is 0.418 e. The minimum atomic E-state index is -4.69. The van der Waals surface area contributed by atoms with E-state index in [4.69, 9.17) is 4.42 Å². The summed E-state index contributed by atoms with van der Waals surface area (Å²) in [6, 6.07) is 4.66. The molecule has 1 saturated heterocycles. The molecule has 2 heterocycles. The van der Waals surface area contributed by atoms with Crippen LogP contribution in [0.25, 0.3) is 0 Å². The molecule has 0 radical (unpaired) electrons. The molecule has 5 nitrogen and oxygen atoms in total. The number of halogens is 3. The molecule has 1 aliphatic heterocycles. The fraction of sp³-hybridized carbons (Fsp3) is 0.294. The van der Waals surface area contributed by atoms with Gasteiger partial charge in [0.15, 0.2) is 0 Å². The molecule has 144 valence electrons. The summed E-state index contributed by atoms with van der Waals surface area (Å²) in [5.41, 5.74) is -1.19. The molecule has 0 bridgehead atoms. The first kappa shape index (κ1) is 19.7.